The molecule has 0 bridgehead atoms. The Morgan fingerprint density at radius 2 is 1.48 bits per heavy atom. The molecule has 2 aromatic carbocycles. The Labute approximate surface area is 180 Å². The van der Waals surface area contributed by atoms with Gasteiger partial charge in [0.1, 0.15) is 11.6 Å². The lowest BCUT2D eigenvalue weighted by molar-refractivity contribution is -0.142. The highest BCUT2D eigenvalue weighted by atomic mass is 19.1. The SMILES string of the molecule is CC(C)(C(=O)O)c1cccn2c(C(C)(C)c3ccc(-c4ccc(F)cc4)cc3)nnc12. The van der Waals surface area contributed by atoms with Gasteiger partial charge in [-0.1, -0.05) is 42.5 Å². The first-order valence-electron chi connectivity index (χ1n) is 10.1. The van der Waals surface area contributed by atoms with Crippen molar-refractivity contribution in [2.45, 2.75) is 38.5 Å². The van der Waals surface area contributed by atoms with Crippen LogP contribution < -0.4 is 0 Å². The van der Waals surface area contributed by atoms with Crippen LogP contribution in [0.1, 0.15) is 44.6 Å². The Morgan fingerprint density at radius 3 is 2.06 bits per heavy atom. The maximum absolute atomic E-state index is 13.2. The largest absolute Gasteiger partial charge is 0.481 e. The molecule has 0 unspecified atom stereocenters. The number of carboxylic acids is 1. The fraction of sp³-hybridized carbons (Fsp3) is 0.240. The molecule has 0 spiro atoms. The number of fused-ring (bicyclic) bond motifs is 1. The molecule has 4 aromatic rings. The molecule has 5 nitrogen and oxygen atoms in total. The fourth-order valence-electron chi connectivity index (χ4n) is 3.80. The van der Waals surface area contributed by atoms with Crippen LogP contribution >= 0.6 is 0 Å². The number of nitrogens with zero attached hydrogens (tertiary/aromatic N) is 3. The third kappa shape index (κ3) is 3.48. The summed E-state index contributed by atoms with van der Waals surface area (Å²) in [7, 11) is 0. The summed E-state index contributed by atoms with van der Waals surface area (Å²) in [6.45, 7) is 7.45. The highest BCUT2D eigenvalue weighted by molar-refractivity contribution is 5.83. The Kier molecular flexibility index (Phi) is 4.88. The lowest BCUT2D eigenvalue weighted by Gasteiger charge is -2.24. The molecule has 6 heteroatoms. The van der Waals surface area contributed by atoms with Crippen LogP contribution in [-0.4, -0.2) is 25.7 Å². The summed E-state index contributed by atoms with van der Waals surface area (Å²) in [6.07, 6.45) is 1.86. The van der Waals surface area contributed by atoms with Crippen molar-refractivity contribution in [3.63, 3.8) is 0 Å². The number of carbonyl (C=O) groups is 1. The smallest absolute Gasteiger partial charge is 0.313 e. The number of benzene rings is 2. The van der Waals surface area contributed by atoms with E-state index in [0.717, 1.165) is 22.5 Å². The number of rotatable bonds is 5. The number of halogens is 1. The molecule has 2 aromatic heterocycles. The Bertz CT molecular complexity index is 1260. The van der Waals surface area contributed by atoms with E-state index in [2.05, 4.69) is 24.0 Å². The lowest BCUT2D eigenvalue weighted by Crippen LogP contribution is -2.29. The Hall–Kier alpha value is -3.54. The second kappa shape index (κ2) is 7.30. The molecular weight excluding hydrogens is 393 g/mol. The van der Waals surface area contributed by atoms with Crippen LogP contribution in [0.15, 0.2) is 66.9 Å². The van der Waals surface area contributed by atoms with E-state index in [1.165, 1.54) is 12.1 Å². The van der Waals surface area contributed by atoms with Gasteiger partial charge < -0.3 is 5.11 Å². The van der Waals surface area contributed by atoms with E-state index in [4.69, 9.17) is 0 Å². The average Bonchev–Trinajstić information content (AvgIpc) is 3.19. The summed E-state index contributed by atoms with van der Waals surface area (Å²) in [6, 6.07) is 18.1. The summed E-state index contributed by atoms with van der Waals surface area (Å²) in [4.78, 5) is 11.8. The predicted octanol–water partition coefficient (Wildman–Crippen LogP) is 5.22. The summed E-state index contributed by atoms with van der Waals surface area (Å²) in [5.41, 5.74) is 2.57. The Morgan fingerprint density at radius 1 is 0.903 bits per heavy atom. The minimum Gasteiger partial charge on any atom is -0.481 e. The molecule has 0 radical (unpaired) electrons. The molecule has 0 saturated carbocycles. The van der Waals surface area contributed by atoms with Crippen molar-refractivity contribution in [3.05, 3.63) is 89.6 Å². The number of hydrogen-bond acceptors (Lipinski definition) is 3. The van der Waals surface area contributed by atoms with Gasteiger partial charge in [0.05, 0.1) is 10.8 Å². The topological polar surface area (TPSA) is 67.5 Å². The van der Waals surface area contributed by atoms with Gasteiger partial charge >= 0.3 is 5.97 Å². The first kappa shape index (κ1) is 20.7. The first-order chi connectivity index (χ1) is 14.6. The lowest BCUT2D eigenvalue weighted by atomic mass is 9.82. The van der Waals surface area contributed by atoms with Gasteiger partial charge in [0.25, 0.3) is 0 Å². The van der Waals surface area contributed by atoms with Gasteiger partial charge in [-0.15, -0.1) is 10.2 Å². The van der Waals surface area contributed by atoms with Crippen LogP contribution in [-0.2, 0) is 15.6 Å². The van der Waals surface area contributed by atoms with Crippen molar-refractivity contribution in [2.24, 2.45) is 0 Å². The van der Waals surface area contributed by atoms with E-state index in [9.17, 15) is 14.3 Å². The molecule has 0 fully saturated rings. The van der Waals surface area contributed by atoms with Gasteiger partial charge in [-0.25, -0.2) is 4.39 Å². The molecular formula is C25H24FN3O2. The Balaban J connectivity index is 1.75. The fourth-order valence-corrected chi connectivity index (χ4v) is 3.80. The summed E-state index contributed by atoms with van der Waals surface area (Å²) in [5, 5.41) is 18.4. The van der Waals surface area contributed by atoms with Gasteiger partial charge in [0.2, 0.25) is 0 Å². The molecule has 0 amide bonds. The van der Waals surface area contributed by atoms with Crippen LogP contribution in [0.25, 0.3) is 16.8 Å². The van der Waals surface area contributed by atoms with E-state index < -0.39 is 16.8 Å². The number of aromatic nitrogens is 3. The monoisotopic (exact) mass is 417 g/mol. The quantitative estimate of drug-likeness (QED) is 0.483. The normalized spacial score (nSPS) is 12.3. The van der Waals surface area contributed by atoms with Crippen LogP contribution in [0.5, 0.6) is 0 Å². The van der Waals surface area contributed by atoms with Crippen LogP contribution in [0.2, 0.25) is 0 Å². The number of aliphatic carboxylic acids is 1. The minimum absolute atomic E-state index is 0.259. The van der Waals surface area contributed by atoms with Crippen molar-refractivity contribution in [3.8, 4) is 11.1 Å². The van der Waals surface area contributed by atoms with Crippen LogP contribution in [0.4, 0.5) is 4.39 Å². The number of carboxylic acid groups (broad SMARTS) is 1. The summed E-state index contributed by atoms with van der Waals surface area (Å²) < 4.78 is 15.1. The molecule has 158 valence electrons. The molecule has 1 N–H and O–H groups in total. The number of pyridine rings is 1. The molecule has 0 aliphatic carbocycles. The minimum atomic E-state index is -1.09. The third-order valence-electron chi connectivity index (χ3n) is 5.99. The third-order valence-corrected chi connectivity index (χ3v) is 5.99. The molecule has 0 aliphatic rings. The zero-order valence-corrected chi connectivity index (χ0v) is 17.9. The maximum atomic E-state index is 13.2. The van der Waals surface area contributed by atoms with Gasteiger partial charge in [-0.2, -0.15) is 0 Å². The van der Waals surface area contributed by atoms with Crippen molar-refractivity contribution in [1.29, 1.82) is 0 Å². The maximum Gasteiger partial charge on any atom is 0.313 e. The molecule has 31 heavy (non-hydrogen) atoms. The van der Waals surface area contributed by atoms with Crippen molar-refractivity contribution >= 4 is 11.6 Å². The highest BCUT2D eigenvalue weighted by Crippen LogP contribution is 2.34. The van der Waals surface area contributed by atoms with E-state index in [1.54, 1.807) is 32.0 Å². The van der Waals surface area contributed by atoms with E-state index in [-0.39, 0.29) is 5.82 Å². The second-order valence-corrected chi connectivity index (χ2v) is 8.78. The van der Waals surface area contributed by atoms with Gasteiger partial charge in [-0.05, 0) is 62.6 Å². The molecule has 0 atom stereocenters. The van der Waals surface area contributed by atoms with Crippen molar-refractivity contribution in [2.75, 3.05) is 0 Å². The zero-order chi connectivity index (χ0) is 22.4. The molecule has 0 saturated heterocycles. The van der Waals surface area contributed by atoms with Crippen LogP contribution in [0, 0.1) is 5.82 Å². The average molecular weight is 417 g/mol. The summed E-state index contributed by atoms with van der Waals surface area (Å²) >= 11 is 0. The van der Waals surface area contributed by atoms with E-state index in [1.807, 2.05) is 40.9 Å². The summed E-state index contributed by atoms with van der Waals surface area (Å²) in [5.74, 6) is -0.452. The van der Waals surface area contributed by atoms with Gasteiger partial charge in [-0.3, -0.25) is 9.20 Å². The highest BCUT2D eigenvalue weighted by Gasteiger charge is 2.35. The van der Waals surface area contributed by atoms with Crippen LogP contribution in [0.3, 0.4) is 0 Å². The van der Waals surface area contributed by atoms with Gasteiger partial charge in [0, 0.05) is 11.8 Å². The van der Waals surface area contributed by atoms with E-state index >= 15 is 0 Å². The molecule has 2 heterocycles. The van der Waals surface area contributed by atoms with Crippen molar-refractivity contribution in [1.82, 2.24) is 14.6 Å². The second-order valence-electron chi connectivity index (χ2n) is 8.78. The molecule has 0 aliphatic heterocycles. The predicted molar refractivity (Wildman–Crippen MR) is 118 cm³/mol. The van der Waals surface area contributed by atoms with Crippen molar-refractivity contribution < 1.29 is 14.3 Å². The molecule has 4 rings (SSSR count). The first-order valence-corrected chi connectivity index (χ1v) is 10.1. The number of hydrogen-bond donors (Lipinski definition) is 1. The van der Waals surface area contributed by atoms with E-state index in [0.29, 0.717) is 11.2 Å². The zero-order valence-electron chi connectivity index (χ0n) is 17.9. The standard InChI is InChI=1S/C25H24FN3O2/c1-24(2,18-11-7-16(8-12-18)17-9-13-19(26)14-10-17)22-28-27-21-20(6-5-15-29(21)22)25(3,4)23(30)31/h5-15H,1-4H3,(H,30,31). The van der Waals surface area contributed by atoms with Gasteiger partial charge in [0.15, 0.2) is 5.65 Å².